The van der Waals surface area contributed by atoms with E-state index in [1.54, 1.807) is 6.07 Å². The van der Waals surface area contributed by atoms with Crippen LogP contribution in [0.1, 0.15) is 38.5 Å². The molecule has 18 heavy (non-hydrogen) atoms. The number of anilines is 2. The topological polar surface area (TPSA) is 29.3 Å². The fourth-order valence-electron chi connectivity index (χ4n) is 2.85. The van der Waals surface area contributed by atoms with Gasteiger partial charge in [-0.05, 0) is 30.5 Å². The van der Waals surface area contributed by atoms with E-state index in [0.717, 1.165) is 18.2 Å². The zero-order valence-corrected chi connectivity index (χ0v) is 11.2. The number of benzene rings is 1. The van der Waals surface area contributed by atoms with Gasteiger partial charge < -0.3 is 10.6 Å². The first-order valence-corrected chi connectivity index (χ1v) is 6.93. The summed E-state index contributed by atoms with van der Waals surface area (Å²) in [4.78, 5) is 2.14. The number of hydrogen-bond donors (Lipinski definition) is 1. The highest BCUT2D eigenvalue weighted by molar-refractivity contribution is 5.67. The molecule has 0 amide bonds. The van der Waals surface area contributed by atoms with E-state index < -0.39 is 0 Å². The summed E-state index contributed by atoms with van der Waals surface area (Å²) < 4.78 is 13.0. The highest BCUT2D eigenvalue weighted by Gasteiger charge is 2.14. The van der Waals surface area contributed by atoms with Gasteiger partial charge in [0.25, 0.3) is 0 Å². The summed E-state index contributed by atoms with van der Waals surface area (Å²) in [5.41, 5.74) is 7.32. The van der Waals surface area contributed by atoms with Crippen molar-refractivity contribution in [3.05, 3.63) is 24.0 Å². The minimum absolute atomic E-state index is 0.267. The molecular formula is C15H23FN2. The molecule has 1 fully saturated rings. The Labute approximate surface area is 109 Å². The van der Waals surface area contributed by atoms with E-state index in [2.05, 4.69) is 4.90 Å². The van der Waals surface area contributed by atoms with Crippen molar-refractivity contribution in [1.29, 1.82) is 0 Å². The molecule has 100 valence electrons. The standard InChI is InChI=1S/C15H23FN2/c1-18(10-9-12-5-3-2-4-6-12)15-8-7-13(16)11-14(15)17/h7-8,11-12H,2-6,9-10,17H2,1H3. The molecular weight excluding hydrogens is 227 g/mol. The molecule has 0 aliphatic heterocycles. The highest BCUT2D eigenvalue weighted by Crippen LogP contribution is 2.28. The van der Waals surface area contributed by atoms with Crippen molar-refractivity contribution in [2.45, 2.75) is 38.5 Å². The van der Waals surface area contributed by atoms with Crippen LogP contribution in [0.2, 0.25) is 0 Å². The molecule has 3 heteroatoms. The second-order valence-electron chi connectivity index (χ2n) is 5.42. The predicted molar refractivity (Wildman–Crippen MR) is 75.3 cm³/mol. The summed E-state index contributed by atoms with van der Waals surface area (Å²) in [6, 6.07) is 4.64. The third kappa shape index (κ3) is 3.37. The van der Waals surface area contributed by atoms with Crippen LogP contribution in [0.25, 0.3) is 0 Å². The Bertz CT molecular complexity index is 386. The summed E-state index contributed by atoms with van der Waals surface area (Å²) in [5.74, 6) is 0.597. The first-order valence-electron chi connectivity index (χ1n) is 6.93. The Morgan fingerprint density at radius 1 is 1.28 bits per heavy atom. The lowest BCUT2D eigenvalue weighted by molar-refractivity contribution is 0.341. The van der Waals surface area contributed by atoms with E-state index in [1.165, 1.54) is 50.7 Å². The smallest absolute Gasteiger partial charge is 0.125 e. The molecule has 1 aromatic rings. The molecule has 0 radical (unpaired) electrons. The normalized spacial score (nSPS) is 16.8. The van der Waals surface area contributed by atoms with E-state index in [9.17, 15) is 4.39 Å². The van der Waals surface area contributed by atoms with Gasteiger partial charge in [0.15, 0.2) is 0 Å². The zero-order valence-electron chi connectivity index (χ0n) is 11.2. The maximum atomic E-state index is 13.0. The molecule has 0 saturated heterocycles. The van der Waals surface area contributed by atoms with E-state index in [0.29, 0.717) is 5.69 Å². The Morgan fingerprint density at radius 2 is 2.00 bits per heavy atom. The van der Waals surface area contributed by atoms with Gasteiger partial charge in [-0.1, -0.05) is 32.1 Å². The fraction of sp³-hybridized carbons (Fsp3) is 0.600. The van der Waals surface area contributed by atoms with E-state index >= 15 is 0 Å². The average Bonchev–Trinajstić information content (AvgIpc) is 2.37. The number of halogens is 1. The zero-order chi connectivity index (χ0) is 13.0. The van der Waals surface area contributed by atoms with Gasteiger partial charge in [0, 0.05) is 13.6 Å². The summed E-state index contributed by atoms with van der Waals surface area (Å²) in [6.45, 7) is 1.00. The van der Waals surface area contributed by atoms with Gasteiger partial charge in [-0.2, -0.15) is 0 Å². The SMILES string of the molecule is CN(CCC1CCCCC1)c1ccc(F)cc1N. The molecule has 0 aromatic heterocycles. The van der Waals surface area contributed by atoms with Crippen LogP contribution in [0.15, 0.2) is 18.2 Å². The Kier molecular flexibility index (Phi) is 4.45. The lowest BCUT2D eigenvalue weighted by Crippen LogP contribution is -2.22. The largest absolute Gasteiger partial charge is 0.397 e. The minimum atomic E-state index is -0.267. The highest BCUT2D eigenvalue weighted by atomic mass is 19.1. The van der Waals surface area contributed by atoms with Gasteiger partial charge in [-0.15, -0.1) is 0 Å². The van der Waals surface area contributed by atoms with E-state index in [-0.39, 0.29) is 5.82 Å². The van der Waals surface area contributed by atoms with Crippen LogP contribution < -0.4 is 10.6 Å². The number of nitrogens with two attached hydrogens (primary N) is 1. The van der Waals surface area contributed by atoms with Crippen molar-refractivity contribution >= 4 is 11.4 Å². The summed E-state index contributed by atoms with van der Waals surface area (Å²) >= 11 is 0. The van der Waals surface area contributed by atoms with Crippen LogP contribution >= 0.6 is 0 Å². The molecule has 0 atom stereocenters. The maximum Gasteiger partial charge on any atom is 0.125 e. The molecule has 0 unspecified atom stereocenters. The van der Waals surface area contributed by atoms with Crippen molar-refractivity contribution in [2.24, 2.45) is 5.92 Å². The number of hydrogen-bond acceptors (Lipinski definition) is 2. The molecule has 1 aliphatic carbocycles. The first-order chi connectivity index (χ1) is 8.66. The molecule has 0 spiro atoms. The first kappa shape index (κ1) is 13.2. The van der Waals surface area contributed by atoms with Gasteiger partial charge in [-0.3, -0.25) is 0 Å². The van der Waals surface area contributed by atoms with Gasteiger partial charge in [-0.25, -0.2) is 4.39 Å². The summed E-state index contributed by atoms with van der Waals surface area (Å²) in [7, 11) is 2.03. The van der Waals surface area contributed by atoms with Gasteiger partial charge >= 0.3 is 0 Å². The van der Waals surface area contributed by atoms with Crippen LogP contribution in [-0.4, -0.2) is 13.6 Å². The second-order valence-corrected chi connectivity index (χ2v) is 5.42. The van der Waals surface area contributed by atoms with Crippen LogP contribution in [0.3, 0.4) is 0 Å². The van der Waals surface area contributed by atoms with Crippen LogP contribution in [0, 0.1) is 11.7 Å². The number of nitrogen functional groups attached to an aromatic ring is 1. The molecule has 2 rings (SSSR count). The molecule has 1 aliphatic rings. The maximum absolute atomic E-state index is 13.0. The van der Waals surface area contributed by atoms with E-state index in [4.69, 9.17) is 5.73 Å². The van der Waals surface area contributed by atoms with Crippen molar-refractivity contribution < 1.29 is 4.39 Å². The molecule has 1 saturated carbocycles. The Morgan fingerprint density at radius 3 is 2.67 bits per heavy atom. The molecule has 0 heterocycles. The van der Waals surface area contributed by atoms with Gasteiger partial charge in [0.05, 0.1) is 11.4 Å². The van der Waals surface area contributed by atoms with Gasteiger partial charge in [0.1, 0.15) is 5.82 Å². The predicted octanol–water partition coefficient (Wildman–Crippen LogP) is 3.81. The Balaban J connectivity index is 1.88. The second kappa shape index (κ2) is 6.07. The third-order valence-corrected chi connectivity index (χ3v) is 4.00. The third-order valence-electron chi connectivity index (χ3n) is 4.00. The van der Waals surface area contributed by atoms with Crippen molar-refractivity contribution in [3.63, 3.8) is 0 Å². The lowest BCUT2D eigenvalue weighted by Gasteiger charge is -2.26. The lowest BCUT2D eigenvalue weighted by atomic mass is 9.87. The molecule has 1 aromatic carbocycles. The van der Waals surface area contributed by atoms with Crippen LogP contribution in [0.4, 0.5) is 15.8 Å². The minimum Gasteiger partial charge on any atom is -0.397 e. The molecule has 0 bridgehead atoms. The number of nitrogens with zero attached hydrogens (tertiary/aromatic N) is 1. The fourth-order valence-corrected chi connectivity index (χ4v) is 2.85. The average molecular weight is 250 g/mol. The van der Waals surface area contributed by atoms with Crippen LogP contribution in [0.5, 0.6) is 0 Å². The molecule has 2 N–H and O–H groups in total. The van der Waals surface area contributed by atoms with Gasteiger partial charge in [0.2, 0.25) is 0 Å². The summed E-state index contributed by atoms with van der Waals surface area (Å²) in [5, 5.41) is 0. The van der Waals surface area contributed by atoms with Crippen molar-refractivity contribution in [1.82, 2.24) is 0 Å². The van der Waals surface area contributed by atoms with Crippen molar-refractivity contribution in [3.8, 4) is 0 Å². The number of rotatable bonds is 4. The monoisotopic (exact) mass is 250 g/mol. The Hall–Kier alpha value is -1.25. The molecule has 2 nitrogen and oxygen atoms in total. The summed E-state index contributed by atoms with van der Waals surface area (Å²) in [6.07, 6.45) is 8.12. The van der Waals surface area contributed by atoms with Crippen molar-refractivity contribution in [2.75, 3.05) is 24.2 Å². The van der Waals surface area contributed by atoms with Crippen LogP contribution in [-0.2, 0) is 0 Å². The quantitative estimate of drug-likeness (QED) is 0.823. The van der Waals surface area contributed by atoms with E-state index in [1.807, 2.05) is 7.05 Å².